The first-order valence-electron chi connectivity index (χ1n) is 10.8. The maximum Gasteiger partial charge on any atom is 0.237 e. The van der Waals surface area contributed by atoms with Crippen molar-refractivity contribution in [3.8, 4) is 5.75 Å². The van der Waals surface area contributed by atoms with Crippen molar-refractivity contribution in [2.75, 3.05) is 38.2 Å². The summed E-state index contributed by atoms with van der Waals surface area (Å²) in [4.78, 5) is 30.0. The van der Waals surface area contributed by atoms with Crippen molar-refractivity contribution in [3.63, 3.8) is 0 Å². The van der Waals surface area contributed by atoms with Crippen LogP contribution in [0, 0.1) is 11.7 Å². The fourth-order valence-electron chi connectivity index (χ4n) is 4.83. The number of Topliss-reactive ketones (excluding diaryl/α,β-unsaturated/α-hetero) is 1. The van der Waals surface area contributed by atoms with Crippen LogP contribution in [-0.2, 0) is 10.2 Å². The van der Waals surface area contributed by atoms with Crippen LogP contribution in [0.15, 0.2) is 42.5 Å². The van der Waals surface area contributed by atoms with Gasteiger partial charge in [-0.3, -0.25) is 9.59 Å². The molecule has 0 N–H and O–H groups in total. The van der Waals surface area contributed by atoms with E-state index >= 15 is 0 Å². The number of rotatable bonds is 6. The summed E-state index contributed by atoms with van der Waals surface area (Å²) in [6.07, 6.45) is 1.56. The molecule has 6 heteroatoms. The Balaban J connectivity index is 1.37. The van der Waals surface area contributed by atoms with Crippen LogP contribution in [0.5, 0.6) is 5.75 Å². The minimum atomic E-state index is -0.615. The van der Waals surface area contributed by atoms with E-state index < -0.39 is 5.41 Å². The number of ketones is 1. The lowest BCUT2D eigenvalue weighted by Crippen LogP contribution is -2.43. The van der Waals surface area contributed by atoms with Crippen LogP contribution in [0.4, 0.5) is 10.1 Å². The van der Waals surface area contributed by atoms with Crippen LogP contribution in [-0.4, -0.2) is 49.9 Å². The summed E-state index contributed by atoms with van der Waals surface area (Å²) in [7, 11) is 1.64. The number of fused-ring (bicyclic) bond motifs is 1. The van der Waals surface area contributed by atoms with Crippen LogP contribution in [0.1, 0.15) is 42.6 Å². The summed E-state index contributed by atoms with van der Waals surface area (Å²) >= 11 is 0. The van der Waals surface area contributed by atoms with Gasteiger partial charge in [-0.15, -0.1) is 0 Å². The van der Waals surface area contributed by atoms with Gasteiger partial charge in [0.15, 0.2) is 5.78 Å². The van der Waals surface area contributed by atoms with Crippen molar-refractivity contribution in [2.24, 2.45) is 5.92 Å². The monoisotopic (exact) mass is 424 g/mol. The number of nitrogens with zero attached hydrogens (tertiary/aromatic N) is 2. The predicted octanol–water partition coefficient (Wildman–Crippen LogP) is 4.05. The average Bonchev–Trinajstić information content (AvgIpc) is 2.98. The van der Waals surface area contributed by atoms with Gasteiger partial charge < -0.3 is 14.5 Å². The Labute approximate surface area is 182 Å². The summed E-state index contributed by atoms with van der Waals surface area (Å²) in [6, 6.07) is 11.6. The molecule has 2 aliphatic heterocycles. The molecule has 31 heavy (non-hydrogen) atoms. The minimum Gasteiger partial charge on any atom is -0.496 e. The maximum atomic E-state index is 13.1. The van der Waals surface area contributed by atoms with Crippen molar-refractivity contribution in [1.82, 2.24) is 4.90 Å². The van der Waals surface area contributed by atoms with E-state index in [4.69, 9.17) is 4.74 Å². The van der Waals surface area contributed by atoms with Gasteiger partial charge in [0.25, 0.3) is 0 Å². The number of carbonyl (C=O) groups is 2. The molecule has 4 rings (SSSR count). The van der Waals surface area contributed by atoms with E-state index in [0.29, 0.717) is 12.1 Å². The van der Waals surface area contributed by atoms with Crippen molar-refractivity contribution >= 4 is 17.4 Å². The molecule has 0 aromatic heterocycles. The van der Waals surface area contributed by atoms with Crippen molar-refractivity contribution in [1.29, 1.82) is 0 Å². The molecule has 0 aliphatic carbocycles. The van der Waals surface area contributed by atoms with Crippen LogP contribution in [0.2, 0.25) is 0 Å². The third-order valence-corrected chi connectivity index (χ3v) is 6.65. The van der Waals surface area contributed by atoms with E-state index in [1.54, 1.807) is 19.2 Å². The van der Waals surface area contributed by atoms with Crippen molar-refractivity contribution in [2.45, 2.75) is 32.1 Å². The van der Waals surface area contributed by atoms with Gasteiger partial charge in [-0.25, -0.2) is 4.39 Å². The highest BCUT2D eigenvalue weighted by molar-refractivity contribution is 6.08. The molecule has 0 radical (unpaired) electrons. The largest absolute Gasteiger partial charge is 0.496 e. The molecule has 0 unspecified atom stereocenters. The third kappa shape index (κ3) is 3.97. The fourth-order valence-corrected chi connectivity index (χ4v) is 4.83. The number of likely N-dealkylation sites (tertiary alicyclic amines) is 1. The van der Waals surface area contributed by atoms with Crippen LogP contribution < -0.4 is 9.64 Å². The van der Waals surface area contributed by atoms with Gasteiger partial charge in [0.2, 0.25) is 5.91 Å². The first-order chi connectivity index (χ1) is 14.8. The van der Waals surface area contributed by atoms with Crippen molar-refractivity contribution in [3.05, 3.63) is 59.4 Å². The topological polar surface area (TPSA) is 49.9 Å². The molecular formula is C25H29FN2O3. The lowest BCUT2D eigenvalue weighted by molar-refractivity contribution is -0.122. The molecule has 1 fully saturated rings. The summed E-state index contributed by atoms with van der Waals surface area (Å²) in [5.41, 5.74) is 1.84. The zero-order chi connectivity index (χ0) is 22.2. The number of piperidine rings is 1. The van der Waals surface area contributed by atoms with E-state index in [0.717, 1.165) is 49.5 Å². The quantitative estimate of drug-likeness (QED) is 0.657. The fraction of sp³-hybridized carbons (Fsp3) is 0.440. The van der Waals surface area contributed by atoms with Gasteiger partial charge in [-0.05, 0) is 76.2 Å². The van der Waals surface area contributed by atoms with Crippen LogP contribution >= 0.6 is 0 Å². The summed E-state index contributed by atoms with van der Waals surface area (Å²) in [5, 5.41) is 0. The van der Waals surface area contributed by atoms with Gasteiger partial charge in [0, 0.05) is 30.1 Å². The number of ether oxygens (including phenoxy) is 1. The van der Waals surface area contributed by atoms with Crippen LogP contribution in [0.25, 0.3) is 0 Å². The maximum absolute atomic E-state index is 13.1. The summed E-state index contributed by atoms with van der Waals surface area (Å²) in [5.74, 6) is 0.577. The zero-order valence-corrected chi connectivity index (χ0v) is 18.4. The SMILES string of the molecule is COc1cccc2c1C(C)(C)C(=O)N2CCN1CCC(C(=O)c2ccc(F)cc2)CC1. The molecule has 0 bridgehead atoms. The number of methoxy groups -OCH3 is 1. The lowest BCUT2D eigenvalue weighted by Gasteiger charge is -2.32. The number of benzene rings is 2. The van der Waals surface area contributed by atoms with E-state index in [-0.39, 0.29) is 23.4 Å². The average molecular weight is 425 g/mol. The van der Waals surface area contributed by atoms with Gasteiger partial charge >= 0.3 is 0 Å². The Kier molecular flexibility index (Phi) is 5.84. The molecule has 1 amide bonds. The highest BCUT2D eigenvalue weighted by Crippen LogP contribution is 2.46. The summed E-state index contributed by atoms with van der Waals surface area (Å²) < 4.78 is 18.6. The Morgan fingerprint density at radius 1 is 1.10 bits per heavy atom. The van der Waals surface area contributed by atoms with E-state index in [2.05, 4.69) is 4.90 Å². The van der Waals surface area contributed by atoms with E-state index in [9.17, 15) is 14.0 Å². The zero-order valence-electron chi connectivity index (χ0n) is 18.4. The Hall–Kier alpha value is -2.73. The number of carbonyl (C=O) groups excluding carboxylic acids is 2. The number of amides is 1. The molecule has 0 atom stereocenters. The number of hydrogen-bond acceptors (Lipinski definition) is 4. The molecule has 1 saturated heterocycles. The first-order valence-corrected chi connectivity index (χ1v) is 10.8. The Morgan fingerprint density at radius 2 is 1.77 bits per heavy atom. The molecule has 0 saturated carbocycles. The molecule has 164 valence electrons. The summed E-state index contributed by atoms with van der Waals surface area (Å²) in [6.45, 7) is 6.89. The second kappa shape index (κ2) is 8.42. The van der Waals surface area contributed by atoms with Gasteiger partial charge in [0.1, 0.15) is 11.6 Å². The normalized spacial score (nSPS) is 18.8. The molecular weight excluding hydrogens is 395 g/mol. The lowest BCUT2D eigenvalue weighted by atomic mass is 9.85. The highest BCUT2D eigenvalue weighted by Gasteiger charge is 2.45. The van der Waals surface area contributed by atoms with E-state index in [1.165, 1.54) is 12.1 Å². The third-order valence-electron chi connectivity index (χ3n) is 6.65. The van der Waals surface area contributed by atoms with Crippen molar-refractivity contribution < 1.29 is 18.7 Å². The number of hydrogen-bond donors (Lipinski definition) is 0. The molecule has 2 aliphatic rings. The standard InChI is InChI=1S/C25H29FN2O3/c1-25(2)22-20(5-4-6-21(22)31-3)28(24(25)30)16-15-27-13-11-18(12-14-27)23(29)17-7-9-19(26)10-8-17/h4-10,18H,11-16H2,1-3H3. The molecule has 2 aromatic carbocycles. The minimum absolute atomic E-state index is 0.0287. The number of anilines is 1. The predicted molar refractivity (Wildman–Crippen MR) is 118 cm³/mol. The number of halogens is 1. The van der Waals surface area contributed by atoms with Crippen LogP contribution in [0.3, 0.4) is 0 Å². The van der Waals surface area contributed by atoms with Gasteiger partial charge in [-0.1, -0.05) is 6.07 Å². The smallest absolute Gasteiger partial charge is 0.237 e. The molecule has 0 spiro atoms. The second-order valence-corrected chi connectivity index (χ2v) is 8.92. The van der Waals surface area contributed by atoms with Gasteiger partial charge in [0.05, 0.1) is 18.2 Å². The molecule has 2 heterocycles. The Morgan fingerprint density at radius 3 is 2.42 bits per heavy atom. The second-order valence-electron chi connectivity index (χ2n) is 8.92. The first kappa shape index (κ1) is 21.5. The highest BCUT2D eigenvalue weighted by atomic mass is 19.1. The molecule has 5 nitrogen and oxygen atoms in total. The molecule has 2 aromatic rings. The van der Waals surface area contributed by atoms with E-state index in [1.807, 2.05) is 36.9 Å². The van der Waals surface area contributed by atoms with Gasteiger partial charge in [-0.2, -0.15) is 0 Å². The Bertz CT molecular complexity index is 979.